The van der Waals surface area contributed by atoms with Crippen LogP contribution in [0.3, 0.4) is 0 Å². The van der Waals surface area contributed by atoms with E-state index in [0.29, 0.717) is 5.69 Å². The number of aromatic nitrogens is 2. The molecule has 32 heavy (non-hydrogen) atoms. The van der Waals surface area contributed by atoms with E-state index in [1.165, 1.54) is 12.1 Å². The summed E-state index contributed by atoms with van der Waals surface area (Å²) in [7, 11) is 4.05. The second-order valence-corrected chi connectivity index (χ2v) is 7.82. The number of likely N-dealkylation sites (N-methyl/N-ethyl adjacent to an activating group) is 1. The first-order valence-corrected chi connectivity index (χ1v) is 10.2. The standard InChI is InChI=1S/C22H24F3N5O2/c1-28-9-11-30(12-10-28)21-27-18-8-5-16(13-19(18)29(21)2)26-20(31)14-32-17-6-3-15(4-7-17)22(23,24)25/h3-8,13H,9-12,14H2,1-2H3,(H,26,31). The molecule has 10 heteroatoms. The molecule has 2 aromatic carbocycles. The number of imidazole rings is 1. The van der Waals surface area contributed by atoms with E-state index < -0.39 is 17.6 Å². The minimum Gasteiger partial charge on any atom is -0.484 e. The quantitative estimate of drug-likeness (QED) is 0.650. The van der Waals surface area contributed by atoms with Gasteiger partial charge in [-0.1, -0.05) is 0 Å². The number of benzene rings is 2. The molecule has 3 aromatic rings. The van der Waals surface area contributed by atoms with Gasteiger partial charge in [-0.2, -0.15) is 13.2 Å². The topological polar surface area (TPSA) is 62.6 Å². The van der Waals surface area contributed by atoms with Crippen LogP contribution in [0.15, 0.2) is 42.5 Å². The molecule has 1 aromatic heterocycles. The lowest BCUT2D eigenvalue weighted by atomic mass is 10.2. The molecule has 4 rings (SSSR count). The van der Waals surface area contributed by atoms with E-state index in [4.69, 9.17) is 9.72 Å². The third-order valence-corrected chi connectivity index (χ3v) is 5.48. The first-order valence-electron chi connectivity index (χ1n) is 10.2. The van der Waals surface area contributed by atoms with Crippen LogP contribution in [0, 0.1) is 0 Å². The smallest absolute Gasteiger partial charge is 0.416 e. The maximum atomic E-state index is 12.6. The van der Waals surface area contributed by atoms with Crippen LogP contribution in [0.5, 0.6) is 5.75 Å². The monoisotopic (exact) mass is 447 g/mol. The van der Waals surface area contributed by atoms with E-state index in [-0.39, 0.29) is 12.4 Å². The summed E-state index contributed by atoms with van der Waals surface area (Å²) in [6.45, 7) is 3.44. The minimum absolute atomic E-state index is 0.187. The molecule has 0 bridgehead atoms. The molecular weight excluding hydrogens is 423 g/mol. The summed E-state index contributed by atoms with van der Waals surface area (Å²) in [5.41, 5.74) is 1.54. The molecule has 0 spiro atoms. The van der Waals surface area contributed by atoms with E-state index in [0.717, 1.165) is 55.3 Å². The van der Waals surface area contributed by atoms with Crippen LogP contribution in [-0.2, 0) is 18.0 Å². The number of anilines is 2. The molecular formula is C22H24F3N5O2. The predicted octanol–water partition coefficient (Wildman–Crippen LogP) is 3.36. The van der Waals surface area contributed by atoms with Crippen LogP contribution in [0.2, 0.25) is 0 Å². The molecule has 0 atom stereocenters. The average Bonchev–Trinajstić information content (AvgIpc) is 3.08. The number of amides is 1. The predicted molar refractivity (Wildman–Crippen MR) is 116 cm³/mol. The number of halogens is 3. The number of hydrogen-bond donors (Lipinski definition) is 1. The molecule has 1 amide bonds. The number of aryl methyl sites for hydroxylation is 1. The number of rotatable bonds is 5. The number of ether oxygens (including phenoxy) is 1. The van der Waals surface area contributed by atoms with Gasteiger partial charge >= 0.3 is 6.18 Å². The summed E-state index contributed by atoms with van der Waals surface area (Å²) >= 11 is 0. The zero-order chi connectivity index (χ0) is 22.9. The SMILES string of the molecule is CN1CCN(c2nc3ccc(NC(=O)COc4ccc(C(F)(F)F)cc4)cc3n2C)CC1. The van der Waals surface area contributed by atoms with E-state index >= 15 is 0 Å². The van der Waals surface area contributed by atoms with E-state index in [2.05, 4.69) is 22.2 Å². The van der Waals surface area contributed by atoms with Crippen LogP contribution >= 0.6 is 0 Å². The number of carbonyl (C=O) groups excluding carboxylic acids is 1. The van der Waals surface area contributed by atoms with Gasteiger partial charge in [0.15, 0.2) is 6.61 Å². The summed E-state index contributed by atoms with van der Waals surface area (Å²) < 4.78 is 45.2. The Morgan fingerprint density at radius 3 is 2.41 bits per heavy atom. The van der Waals surface area contributed by atoms with Gasteiger partial charge in [-0.15, -0.1) is 0 Å². The highest BCUT2D eigenvalue weighted by molar-refractivity contribution is 5.94. The minimum atomic E-state index is -4.41. The fraction of sp³-hybridized carbons (Fsp3) is 0.364. The van der Waals surface area contributed by atoms with Gasteiger partial charge in [-0.3, -0.25) is 4.79 Å². The number of nitrogens with zero attached hydrogens (tertiary/aromatic N) is 4. The highest BCUT2D eigenvalue weighted by atomic mass is 19.4. The van der Waals surface area contributed by atoms with Crippen molar-refractivity contribution in [3.63, 3.8) is 0 Å². The molecule has 7 nitrogen and oxygen atoms in total. The van der Waals surface area contributed by atoms with Crippen LogP contribution < -0.4 is 15.0 Å². The van der Waals surface area contributed by atoms with Gasteiger partial charge in [0.1, 0.15) is 5.75 Å². The molecule has 0 aliphatic carbocycles. The number of nitrogens with one attached hydrogen (secondary N) is 1. The van der Waals surface area contributed by atoms with Crippen molar-refractivity contribution in [2.24, 2.45) is 7.05 Å². The largest absolute Gasteiger partial charge is 0.484 e. The Morgan fingerprint density at radius 2 is 1.75 bits per heavy atom. The van der Waals surface area contributed by atoms with Gasteiger partial charge in [0.25, 0.3) is 5.91 Å². The zero-order valence-electron chi connectivity index (χ0n) is 17.8. The van der Waals surface area contributed by atoms with Crippen LogP contribution in [0.1, 0.15) is 5.56 Å². The second kappa shape index (κ2) is 8.70. The maximum Gasteiger partial charge on any atom is 0.416 e. The normalized spacial score (nSPS) is 15.2. The molecule has 170 valence electrons. The summed E-state index contributed by atoms with van der Waals surface area (Å²) in [6.07, 6.45) is -4.41. The summed E-state index contributed by atoms with van der Waals surface area (Å²) in [5.74, 6) is 0.667. The second-order valence-electron chi connectivity index (χ2n) is 7.82. The lowest BCUT2D eigenvalue weighted by Gasteiger charge is -2.32. The summed E-state index contributed by atoms with van der Waals surface area (Å²) in [6, 6.07) is 9.68. The van der Waals surface area contributed by atoms with Crippen molar-refractivity contribution >= 4 is 28.6 Å². The van der Waals surface area contributed by atoms with Crippen molar-refractivity contribution in [2.45, 2.75) is 6.18 Å². The Bertz CT molecular complexity index is 1100. The first-order chi connectivity index (χ1) is 15.2. The molecule has 1 fully saturated rings. The Kier molecular flexibility index (Phi) is 5.96. The molecule has 1 aliphatic rings. The van der Waals surface area contributed by atoms with Gasteiger partial charge in [0.05, 0.1) is 16.6 Å². The number of alkyl halides is 3. The van der Waals surface area contributed by atoms with Gasteiger partial charge < -0.3 is 24.4 Å². The van der Waals surface area contributed by atoms with Crippen LogP contribution in [-0.4, -0.2) is 60.2 Å². The average molecular weight is 447 g/mol. The number of piperazine rings is 1. The Morgan fingerprint density at radius 1 is 1.06 bits per heavy atom. The van der Waals surface area contributed by atoms with Gasteiger partial charge in [0, 0.05) is 38.9 Å². The van der Waals surface area contributed by atoms with E-state index in [9.17, 15) is 18.0 Å². The molecule has 0 saturated carbocycles. The Hall–Kier alpha value is -3.27. The number of carbonyl (C=O) groups is 1. The molecule has 0 unspecified atom stereocenters. The fourth-order valence-electron chi connectivity index (χ4n) is 3.63. The van der Waals surface area contributed by atoms with Gasteiger partial charge in [-0.05, 0) is 49.5 Å². The Balaban J connectivity index is 1.39. The lowest BCUT2D eigenvalue weighted by molar-refractivity contribution is -0.137. The third kappa shape index (κ3) is 4.80. The van der Waals surface area contributed by atoms with Crippen LogP contribution in [0.25, 0.3) is 11.0 Å². The van der Waals surface area contributed by atoms with E-state index in [1.54, 1.807) is 6.07 Å². The van der Waals surface area contributed by atoms with Crippen molar-refractivity contribution in [1.29, 1.82) is 0 Å². The molecule has 1 aliphatic heterocycles. The number of hydrogen-bond acceptors (Lipinski definition) is 5. The summed E-state index contributed by atoms with van der Waals surface area (Å²) in [5, 5.41) is 2.76. The van der Waals surface area contributed by atoms with Crippen molar-refractivity contribution in [3.05, 3.63) is 48.0 Å². The van der Waals surface area contributed by atoms with Crippen molar-refractivity contribution < 1.29 is 22.7 Å². The van der Waals surface area contributed by atoms with Crippen molar-refractivity contribution in [1.82, 2.24) is 14.5 Å². The highest BCUT2D eigenvalue weighted by Crippen LogP contribution is 2.30. The lowest BCUT2D eigenvalue weighted by Crippen LogP contribution is -2.45. The van der Waals surface area contributed by atoms with Gasteiger partial charge in [-0.25, -0.2) is 4.98 Å². The summed E-state index contributed by atoms with van der Waals surface area (Å²) in [4.78, 5) is 21.5. The zero-order valence-corrected chi connectivity index (χ0v) is 17.8. The first kappa shape index (κ1) is 21.9. The Labute approximate surface area is 183 Å². The van der Waals surface area contributed by atoms with Crippen molar-refractivity contribution in [3.8, 4) is 5.75 Å². The van der Waals surface area contributed by atoms with Crippen LogP contribution in [0.4, 0.5) is 24.8 Å². The molecule has 1 N–H and O–H groups in total. The molecule has 0 radical (unpaired) electrons. The van der Waals surface area contributed by atoms with E-state index in [1.807, 2.05) is 23.7 Å². The maximum absolute atomic E-state index is 12.6. The van der Waals surface area contributed by atoms with Crippen molar-refractivity contribution in [2.75, 3.05) is 50.1 Å². The van der Waals surface area contributed by atoms with Gasteiger partial charge in [0.2, 0.25) is 5.95 Å². The highest BCUT2D eigenvalue weighted by Gasteiger charge is 2.30. The molecule has 1 saturated heterocycles. The fourth-order valence-corrected chi connectivity index (χ4v) is 3.63. The third-order valence-electron chi connectivity index (χ3n) is 5.48. The molecule has 2 heterocycles. The number of fused-ring (bicyclic) bond motifs is 1.